The van der Waals surface area contributed by atoms with Crippen LogP contribution in [0, 0.1) is 13.8 Å². The van der Waals surface area contributed by atoms with Gasteiger partial charge in [-0.15, -0.1) is 0 Å². The first-order valence-electron chi connectivity index (χ1n) is 9.71. The van der Waals surface area contributed by atoms with E-state index in [2.05, 4.69) is 31.2 Å². The van der Waals surface area contributed by atoms with E-state index in [1.54, 1.807) is 4.57 Å². The summed E-state index contributed by atoms with van der Waals surface area (Å²) in [5, 5.41) is 10.8. The maximum atomic E-state index is 13.6. The second-order valence-electron chi connectivity index (χ2n) is 7.29. The Morgan fingerprint density at radius 3 is 2.61 bits per heavy atom. The second-order valence-corrected chi connectivity index (χ2v) is 8.14. The summed E-state index contributed by atoms with van der Waals surface area (Å²) in [5.41, 5.74) is 9.97. The number of hydrogen-bond donors (Lipinski definition) is 3. The maximum absolute atomic E-state index is 13.6. The van der Waals surface area contributed by atoms with Crippen molar-refractivity contribution in [3.8, 4) is 5.69 Å². The van der Waals surface area contributed by atoms with E-state index >= 15 is 0 Å². The molecule has 2 heterocycles. The highest BCUT2D eigenvalue weighted by molar-refractivity contribution is 9.18. The summed E-state index contributed by atoms with van der Waals surface area (Å²) < 4.78 is 2.09. The van der Waals surface area contributed by atoms with E-state index in [9.17, 15) is 4.79 Å². The molecule has 31 heavy (non-hydrogen) atoms. The molecule has 2 aromatic carbocycles. The monoisotopic (exact) mass is 477 g/mol. The first-order valence-corrected chi connectivity index (χ1v) is 10.5. The minimum Gasteiger partial charge on any atom is -0.383 e. The fourth-order valence-electron chi connectivity index (χ4n) is 3.74. The number of nitrogens with zero attached hydrogens (tertiary/aromatic N) is 3. The van der Waals surface area contributed by atoms with Crippen molar-refractivity contribution < 1.29 is 5.41 Å². The minimum absolute atomic E-state index is 0.0595. The highest BCUT2D eigenvalue weighted by atomic mass is 79.9. The van der Waals surface area contributed by atoms with E-state index in [-0.39, 0.29) is 11.4 Å². The third kappa shape index (κ3) is 3.82. The number of nitrogen functional groups attached to an aromatic ring is 1. The van der Waals surface area contributed by atoms with Crippen molar-refractivity contribution in [2.45, 2.75) is 20.4 Å². The van der Waals surface area contributed by atoms with Gasteiger partial charge in [0, 0.05) is 21.6 Å². The summed E-state index contributed by atoms with van der Waals surface area (Å²) in [4.78, 5) is 21.9. The molecule has 0 aliphatic rings. The third-order valence-electron chi connectivity index (χ3n) is 5.24. The average molecular weight is 478 g/mol. The molecule has 0 bridgehead atoms. The molecule has 156 valence electrons. The predicted octanol–water partition coefficient (Wildman–Crippen LogP) is 2.49. The van der Waals surface area contributed by atoms with Crippen molar-refractivity contribution >= 4 is 43.0 Å². The number of nitrogens with one attached hydrogen (secondary N) is 1. The Hall–Kier alpha value is -3.52. The largest absolute Gasteiger partial charge is 0.383 e. The zero-order chi connectivity index (χ0) is 22.1. The van der Waals surface area contributed by atoms with Crippen LogP contribution in [-0.4, -0.2) is 19.2 Å². The van der Waals surface area contributed by atoms with E-state index in [1.807, 2.05) is 62.4 Å². The normalized spacial score (nSPS) is 10.9. The number of pyridine rings is 1. The van der Waals surface area contributed by atoms with Crippen LogP contribution < -0.4 is 22.0 Å². The van der Waals surface area contributed by atoms with Crippen LogP contribution in [0.4, 0.5) is 11.6 Å². The Morgan fingerprint density at radius 2 is 1.87 bits per heavy atom. The zero-order valence-corrected chi connectivity index (χ0v) is 18.8. The van der Waals surface area contributed by atoms with Gasteiger partial charge in [-0.25, -0.2) is 15.4 Å². The Labute approximate surface area is 187 Å². The summed E-state index contributed by atoms with van der Waals surface area (Å²) in [7, 11) is 0. The van der Waals surface area contributed by atoms with Crippen molar-refractivity contribution in [2.75, 3.05) is 11.1 Å². The maximum Gasteiger partial charge on any atom is 0.263 e. The molecule has 0 fully saturated rings. The SMILES string of the molecule is Cc1ccccc1-n1c(CNc2ncnc(N)c2C(=[NH2+])Br)cc2cccc(C)c2c1=O. The smallest absolute Gasteiger partial charge is 0.263 e. The average Bonchev–Trinajstić information content (AvgIpc) is 2.73. The number of nitrogens with two attached hydrogens (primary N) is 2. The molecule has 0 saturated carbocycles. The van der Waals surface area contributed by atoms with Crippen LogP contribution in [0.15, 0.2) is 59.7 Å². The standard InChI is InChI=1S/C23H21BrN6O/c1-13-6-3-4-9-17(13)30-16(10-15-8-5-7-14(2)18(15)23(30)31)11-27-22-19(20(24)25)21(26)28-12-29-22/h3-10,12,25H,11H2,1-2H3,(H3,26,27,28,29)/p+1. The van der Waals surface area contributed by atoms with Gasteiger partial charge in [-0.1, -0.05) is 36.4 Å². The molecule has 0 saturated heterocycles. The van der Waals surface area contributed by atoms with Crippen LogP contribution >= 0.6 is 15.9 Å². The first kappa shape index (κ1) is 20.7. The van der Waals surface area contributed by atoms with E-state index in [0.717, 1.165) is 27.9 Å². The molecule has 0 radical (unpaired) electrons. The summed E-state index contributed by atoms with van der Waals surface area (Å²) >= 11 is 3.26. The molecule has 5 N–H and O–H groups in total. The van der Waals surface area contributed by atoms with Crippen LogP contribution in [0.25, 0.3) is 16.5 Å². The Morgan fingerprint density at radius 1 is 1.13 bits per heavy atom. The van der Waals surface area contributed by atoms with Gasteiger partial charge in [-0.3, -0.25) is 9.36 Å². The molecule has 7 nitrogen and oxygen atoms in total. The van der Waals surface area contributed by atoms with Crippen LogP contribution in [-0.2, 0) is 6.54 Å². The highest BCUT2D eigenvalue weighted by Crippen LogP contribution is 2.23. The van der Waals surface area contributed by atoms with E-state index in [4.69, 9.17) is 11.1 Å². The van der Waals surface area contributed by atoms with Crippen molar-refractivity contribution in [1.82, 2.24) is 14.5 Å². The number of rotatable bonds is 5. The van der Waals surface area contributed by atoms with Crippen molar-refractivity contribution in [2.24, 2.45) is 0 Å². The quantitative estimate of drug-likeness (QED) is 0.382. The lowest BCUT2D eigenvalue weighted by molar-refractivity contribution is -0.106. The molecule has 0 aliphatic carbocycles. The second kappa shape index (κ2) is 8.31. The number of benzene rings is 2. The lowest BCUT2D eigenvalue weighted by Gasteiger charge is -2.18. The fraction of sp³-hybridized carbons (Fsp3) is 0.130. The summed E-state index contributed by atoms with van der Waals surface area (Å²) in [5.74, 6) is 0.743. The van der Waals surface area contributed by atoms with Gasteiger partial charge in [0.15, 0.2) is 0 Å². The molecular weight excluding hydrogens is 456 g/mol. The molecule has 8 heteroatoms. The van der Waals surface area contributed by atoms with Crippen molar-refractivity contribution in [3.05, 3.63) is 87.6 Å². The van der Waals surface area contributed by atoms with Gasteiger partial charge >= 0.3 is 0 Å². The molecule has 0 aliphatic heterocycles. The molecule has 0 spiro atoms. The van der Waals surface area contributed by atoms with Gasteiger partial charge in [0.1, 0.15) is 23.5 Å². The van der Waals surface area contributed by atoms with Crippen molar-refractivity contribution in [1.29, 1.82) is 0 Å². The van der Waals surface area contributed by atoms with E-state index in [1.165, 1.54) is 6.33 Å². The number of halogens is 1. The lowest BCUT2D eigenvalue weighted by Crippen LogP contribution is -2.37. The van der Waals surface area contributed by atoms with Gasteiger partial charge in [0.25, 0.3) is 10.2 Å². The van der Waals surface area contributed by atoms with Gasteiger partial charge in [-0.05, 0) is 42.5 Å². The van der Waals surface area contributed by atoms with Crippen molar-refractivity contribution in [3.63, 3.8) is 0 Å². The summed E-state index contributed by atoms with van der Waals surface area (Å²) in [6, 6.07) is 15.7. The molecule has 0 unspecified atom stereocenters. The number of fused-ring (bicyclic) bond motifs is 1. The fourth-order valence-corrected chi connectivity index (χ4v) is 4.13. The van der Waals surface area contributed by atoms with Crippen LogP contribution in [0.5, 0.6) is 0 Å². The number of aryl methyl sites for hydroxylation is 2. The van der Waals surface area contributed by atoms with Crippen LogP contribution in [0.3, 0.4) is 0 Å². The molecule has 0 atom stereocenters. The zero-order valence-electron chi connectivity index (χ0n) is 17.2. The number of aromatic nitrogens is 3. The van der Waals surface area contributed by atoms with Gasteiger partial charge < -0.3 is 11.1 Å². The molecule has 4 aromatic rings. The van der Waals surface area contributed by atoms with Crippen LogP contribution in [0.1, 0.15) is 22.4 Å². The first-order chi connectivity index (χ1) is 14.9. The third-order valence-corrected chi connectivity index (χ3v) is 5.64. The van der Waals surface area contributed by atoms with Crippen LogP contribution in [0.2, 0.25) is 0 Å². The predicted molar refractivity (Wildman–Crippen MR) is 128 cm³/mol. The molecule has 0 amide bonds. The molecule has 4 rings (SSSR count). The van der Waals surface area contributed by atoms with E-state index < -0.39 is 0 Å². The summed E-state index contributed by atoms with van der Waals surface area (Å²) in [6.45, 7) is 4.27. The number of anilines is 2. The summed E-state index contributed by atoms with van der Waals surface area (Å²) in [6.07, 6.45) is 1.37. The number of hydrogen-bond acceptors (Lipinski definition) is 5. The molecular formula is C23H22BrN6O+. The number of para-hydroxylation sites is 1. The van der Waals surface area contributed by atoms with Gasteiger partial charge in [0.2, 0.25) is 0 Å². The van der Waals surface area contributed by atoms with Gasteiger partial charge in [0.05, 0.1) is 17.6 Å². The molecule has 2 aromatic heterocycles. The Kier molecular flexibility index (Phi) is 5.56. The Balaban J connectivity index is 1.90. The topological polar surface area (TPSA) is 111 Å². The highest BCUT2D eigenvalue weighted by Gasteiger charge is 2.18. The Bertz CT molecular complexity index is 1380. The minimum atomic E-state index is -0.0595. The van der Waals surface area contributed by atoms with E-state index in [0.29, 0.717) is 27.9 Å². The van der Waals surface area contributed by atoms with Gasteiger partial charge in [-0.2, -0.15) is 0 Å². The lowest BCUT2D eigenvalue weighted by atomic mass is 10.1.